The smallest absolute Gasteiger partial charge is 0.226 e. The van der Waals surface area contributed by atoms with E-state index in [0.29, 0.717) is 18.2 Å². The van der Waals surface area contributed by atoms with E-state index in [1.807, 2.05) is 60.8 Å². The molecule has 5 nitrogen and oxygen atoms in total. The van der Waals surface area contributed by atoms with Crippen molar-refractivity contribution in [3.63, 3.8) is 0 Å². The number of rotatable bonds is 5. The minimum atomic E-state index is -0.188. The minimum Gasteiger partial charge on any atom is -0.373 e. The first-order valence-electron chi connectivity index (χ1n) is 9.44. The van der Waals surface area contributed by atoms with Crippen LogP contribution in [0.1, 0.15) is 30.1 Å². The maximum Gasteiger partial charge on any atom is 0.226 e. The minimum absolute atomic E-state index is 0.0211. The second kappa shape index (κ2) is 8.59. The van der Waals surface area contributed by atoms with Gasteiger partial charge >= 0.3 is 0 Å². The Morgan fingerprint density at radius 3 is 2.75 bits per heavy atom. The maximum atomic E-state index is 12.8. The Morgan fingerprint density at radius 2 is 1.96 bits per heavy atom. The number of nitrogens with zero attached hydrogens (tertiary/aromatic N) is 2. The summed E-state index contributed by atoms with van der Waals surface area (Å²) >= 11 is 5.93. The van der Waals surface area contributed by atoms with Gasteiger partial charge in [0, 0.05) is 29.9 Å². The molecule has 0 radical (unpaired) electrons. The molecule has 1 aliphatic heterocycles. The molecular formula is C22H22ClN3O2. The number of benzene rings is 2. The van der Waals surface area contributed by atoms with Crippen molar-refractivity contribution in [2.75, 3.05) is 6.61 Å². The second-order valence-electron chi connectivity index (χ2n) is 6.94. The lowest BCUT2D eigenvalue weighted by molar-refractivity contribution is -0.134. The lowest BCUT2D eigenvalue weighted by Gasteiger charge is -2.31. The molecule has 2 atom stereocenters. The molecule has 1 fully saturated rings. The number of carbonyl (C=O) groups excluding carboxylic acids is 1. The molecule has 2 heterocycles. The van der Waals surface area contributed by atoms with E-state index in [4.69, 9.17) is 16.3 Å². The molecule has 4 rings (SSSR count). The fourth-order valence-electron chi connectivity index (χ4n) is 3.53. The summed E-state index contributed by atoms with van der Waals surface area (Å²) < 4.78 is 7.71. The molecule has 1 N–H and O–H groups in total. The summed E-state index contributed by atoms with van der Waals surface area (Å²) in [4.78, 5) is 12.8. The van der Waals surface area contributed by atoms with Gasteiger partial charge < -0.3 is 10.1 Å². The summed E-state index contributed by atoms with van der Waals surface area (Å²) in [5, 5.41) is 8.10. The van der Waals surface area contributed by atoms with Crippen molar-refractivity contribution < 1.29 is 9.53 Å². The third-order valence-corrected chi connectivity index (χ3v) is 5.23. The van der Waals surface area contributed by atoms with Gasteiger partial charge in [0.1, 0.15) is 0 Å². The van der Waals surface area contributed by atoms with Crippen LogP contribution in [0.5, 0.6) is 0 Å². The number of halogens is 1. The predicted octanol–water partition coefficient (Wildman–Crippen LogP) is 4.31. The van der Waals surface area contributed by atoms with Gasteiger partial charge in [-0.25, -0.2) is 4.68 Å². The molecular weight excluding hydrogens is 374 g/mol. The van der Waals surface area contributed by atoms with Crippen molar-refractivity contribution in [2.45, 2.75) is 25.5 Å². The molecule has 0 bridgehead atoms. The summed E-state index contributed by atoms with van der Waals surface area (Å²) in [6.07, 6.45) is 5.22. The number of ether oxygens (including phenoxy) is 1. The van der Waals surface area contributed by atoms with Crippen molar-refractivity contribution in [1.29, 1.82) is 0 Å². The average Bonchev–Trinajstić information content (AvgIpc) is 3.22. The van der Waals surface area contributed by atoms with Crippen LogP contribution < -0.4 is 5.32 Å². The van der Waals surface area contributed by atoms with Gasteiger partial charge in [-0.05, 0) is 42.7 Å². The summed E-state index contributed by atoms with van der Waals surface area (Å²) in [5.41, 5.74) is 2.92. The SMILES string of the molecule is O=C(NCc1cnn(-c2ccc(Cl)cc2)c1)C1CCCOC1c1ccccc1. The van der Waals surface area contributed by atoms with Crippen LogP contribution in [0, 0.1) is 5.92 Å². The third kappa shape index (κ3) is 4.26. The number of amides is 1. The van der Waals surface area contributed by atoms with E-state index in [1.54, 1.807) is 10.9 Å². The largest absolute Gasteiger partial charge is 0.373 e. The van der Waals surface area contributed by atoms with E-state index in [9.17, 15) is 4.79 Å². The molecule has 1 saturated heterocycles. The Morgan fingerprint density at radius 1 is 1.18 bits per heavy atom. The molecule has 0 saturated carbocycles. The highest BCUT2D eigenvalue weighted by Crippen LogP contribution is 2.33. The fourth-order valence-corrected chi connectivity index (χ4v) is 3.65. The van der Waals surface area contributed by atoms with Gasteiger partial charge in [-0.1, -0.05) is 41.9 Å². The van der Waals surface area contributed by atoms with Crippen LogP contribution in [0.3, 0.4) is 0 Å². The molecule has 2 aromatic carbocycles. The van der Waals surface area contributed by atoms with Crippen molar-refractivity contribution in [3.8, 4) is 5.69 Å². The van der Waals surface area contributed by atoms with Gasteiger partial charge in [-0.2, -0.15) is 5.10 Å². The van der Waals surface area contributed by atoms with E-state index >= 15 is 0 Å². The van der Waals surface area contributed by atoms with E-state index < -0.39 is 0 Å². The van der Waals surface area contributed by atoms with Gasteiger partial charge in [0.05, 0.1) is 23.9 Å². The van der Waals surface area contributed by atoms with Crippen molar-refractivity contribution in [2.24, 2.45) is 5.92 Å². The van der Waals surface area contributed by atoms with Crippen molar-refractivity contribution in [1.82, 2.24) is 15.1 Å². The molecule has 1 amide bonds. The highest BCUT2D eigenvalue weighted by atomic mass is 35.5. The van der Waals surface area contributed by atoms with Crippen LogP contribution >= 0.6 is 11.6 Å². The van der Waals surface area contributed by atoms with Gasteiger partial charge in [0.2, 0.25) is 5.91 Å². The van der Waals surface area contributed by atoms with Crippen LogP contribution in [0.4, 0.5) is 0 Å². The number of hydrogen-bond donors (Lipinski definition) is 1. The van der Waals surface area contributed by atoms with Crippen LogP contribution in [0.15, 0.2) is 67.0 Å². The molecule has 2 unspecified atom stereocenters. The Kier molecular flexibility index (Phi) is 5.74. The zero-order valence-electron chi connectivity index (χ0n) is 15.4. The molecule has 6 heteroatoms. The molecule has 28 heavy (non-hydrogen) atoms. The van der Waals surface area contributed by atoms with Crippen molar-refractivity contribution >= 4 is 17.5 Å². The lowest BCUT2D eigenvalue weighted by Crippen LogP contribution is -2.37. The highest BCUT2D eigenvalue weighted by Gasteiger charge is 2.32. The molecule has 1 aromatic heterocycles. The van der Waals surface area contributed by atoms with Gasteiger partial charge in [-0.3, -0.25) is 4.79 Å². The zero-order chi connectivity index (χ0) is 19.3. The predicted molar refractivity (Wildman–Crippen MR) is 108 cm³/mol. The standard InChI is InChI=1S/C22H22ClN3O2/c23-18-8-10-19(11-9-18)26-15-16(14-25-26)13-24-22(27)20-7-4-12-28-21(20)17-5-2-1-3-6-17/h1-3,5-6,8-11,14-15,20-21H,4,7,12-13H2,(H,24,27). The summed E-state index contributed by atoms with van der Waals surface area (Å²) in [7, 11) is 0. The third-order valence-electron chi connectivity index (χ3n) is 4.98. The number of nitrogens with one attached hydrogen (secondary N) is 1. The van der Waals surface area contributed by atoms with Crippen LogP contribution in [-0.4, -0.2) is 22.3 Å². The van der Waals surface area contributed by atoms with Crippen LogP contribution in [0.25, 0.3) is 5.69 Å². The Hall–Kier alpha value is -2.63. The van der Waals surface area contributed by atoms with Crippen LogP contribution in [0.2, 0.25) is 5.02 Å². The number of carbonyl (C=O) groups is 1. The quantitative estimate of drug-likeness (QED) is 0.700. The summed E-state index contributed by atoms with van der Waals surface area (Å²) in [6, 6.07) is 17.4. The Bertz CT molecular complexity index is 924. The molecule has 144 valence electrons. The summed E-state index contributed by atoms with van der Waals surface area (Å²) in [5.74, 6) is -0.157. The normalized spacial score (nSPS) is 19.3. The van der Waals surface area contributed by atoms with Gasteiger partial charge in [0.25, 0.3) is 0 Å². The van der Waals surface area contributed by atoms with E-state index in [2.05, 4.69) is 10.4 Å². The number of hydrogen-bond acceptors (Lipinski definition) is 3. The monoisotopic (exact) mass is 395 g/mol. The zero-order valence-corrected chi connectivity index (χ0v) is 16.2. The Balaban J connectivity index is 1.40. The first-order valence-corrected chi connectivity index (χ1v) is 9.82. The molecule has 0 spiro atoms. The maximum absolute atomic E-state index is 12.8. The van der Waals surface area contributed by atoms with E-state index in [1.165, 1.54) is 0 Å². The lowest BCUT2D eigenvalue weighted by atomic mass is 9.88. The first-order chi connectivity index (χ1) is 13.7. The average molecular weight is 396 g/mol. The highest BCUT2D eigenvalue weighted by molar-refractivity contribution is 6.30. The topological polar surface area (TPSA) is 56.2 Å². The first kappa shape index (κ1) is 18.7. The molecule has 0 aliphatic carbocycles. The molecule has 3 aromatic rings. The van der Waals surface area contributed by atoms with Crippen LogP contribution in [-0.2, 0) is 16.1 Å². The van der Waals surface area contributed by atoms with Gasteiger partial charge in [-0.15, -0.1) is 0 Å². The Labute approximate surface area is 169 Å². The second-order valence-corrected chi connectivity index (χ2v) is 7.37. The summed E-state index contributed by atoms with van der Waals surface area (Å²) in [6.45, 7) is 1.13. The van der Waals surface area contributed by atoms with Gasteiger partial charge in [0.15, 0.2) is 0 Å². The number of aromatic nitrogens is 2. The fraction of sp³-hybridized carbons (Fsp3) is 0.273. The van der Waals surface area contributed by atoms with E-state index in [0.717, 1.165) is 29.7 Å². The van der Waals surface area contributed by atoms with E-state index in [-0.39, 0.29) is 17.9 Å². The molecule has 1 aliphatic rings. The van der Waals surface area contributed by atoms with Crippen molar-refractivity contribution in [3.05, 3.63) is 83.1 Å².